The van der Waals surface area contributed by atoms with Gasteiger partial charge in [0.25, 0.3) is 5.91 Å². The highest BCUT2D eigenvalue weighted by molar-refractivity contribution is 9.10. The molecule has 0 saturated carbocycles. The SMILES string of the molecule is Cc1c(C)n(Cc2ccc(-c3ccccc3C(=O)OC(C)(C)C)cc2)c2ccc(C(=O)NC(C)c3cccc(Br)c3)cc12. The largest absolute Gasteiger partial charge is 0.456 e. The molecule has 0 aliphatic rings. The van der Waals surface area contributed by atoms with Crippen molar-refractivity contribution in [3.63, 3.8) is 0 Å². The third kappa shape index (κ3) is 6.75. The standard InChI is InChI=1S/C37H37BrN2O3/c1-23-25(3)40(34-19-18-29(21-33(23)34)35(41)39-24(2)28-10-9-11-30(38)20-28)22-26-14-16-27(17-15-26)31-12-7-8-13-32(31)36(42)43-37(4,5)6/h7-21,24H,22H2,1-6H3,(H,39,41). The number of rotatable bonds is 7. The van der Waals surface area contributed by atoms with Crippen molar-refractivity contribution >= 4 is 38.7 Å². The quantitative estimate of drug-likeness (QED) is 0.181. The number of hydrogen-bond donors (Lipinski definition) is 1. The highest BCUT2D eigenvalue weighted by atomic mass is 79.9. The van der Waals surface area contributed by atoms with Crippen LogP contribution < -0.4 is 5.32 Å². The third-order valence-corrected chi connectivity index (χ3v) is 8.24. The maximum absolute atomic E-state index is 13.2. The number of fused-ring (bicyclic) bond motifs is 1. The summed E-state index contributed by atoms with van der Waals surface area (Å²) in [6, 6.07) is 29.7. The van der Waals surface area contributed by atoms with Gasteiger partial charge in [-0.25, -0.2) is 4.79 Å². The Hall–Kier alpha value is -4.16. The number of amides is 1. The first-order chi connectivity index (χ1) is 20.4. The van der Waals surface area contributed by atoms with Crippen molar-refractivity contribution < 1.29 is 14.3 Å². The molecule has 0 saturated heterocycles. The molecule has 5 nitrogen and oxygen atoms in total. The van der Waals surface area contributed by atoms with Crippen LogP contribution in [0.5, 0.6) is 0 Å². The molecule has 1 amide bonds. The van der Waals surface area contributed by atoms with Crippen LogP contribution in [0.15, 0.2) is 95.5 Å². The summed E-state index contributed by atoms with van der Waals surface area (Å²) in [5.41, 5.74) is 8.04. The molecule has 1 unspecified atom stereocenters. The molecule has 0 bridgehead atoms. The Kier molecular flexibility index (Phi) is 8.61. The first kappa shape index (κ1) is 30.3. The Morgan fingerprint density at radius 1 is 0.907 bits per heavy atom. The van der Waals surface area contributed by atoms with Gasteiger partial charge in [0.1, 0.15) is 5.60 Å². The maximum Gasteiger partial charge on any atom is 0.339 e. The summed E-state index contributed by atoms with van der Waals surface area (Å²) >= 11 is 3.51. The van der Waals surface area contributed by atoms with E-state index < -0.39 is 5.60 Å². The van der Waals surface area contributed by atoms with Crippen LogP contribution in [0.1, 0.15) is 76.8 Å². The molecule has 5 aromatic rings. The van der Waals surface area contributed by atoms with Gasteiger partial charge in [-0.15, -0.1) is 0 Å². The van der Waals surface area contributed by atoms with E-state index >= 15 is 0 Å². The molecule has 220 valence electrons. The van der Waals surface area contributed by atoms with Gasteiger partial charge in [-0.2, -0.15) is 0 Å². The Labute approximate surface area is 262 Å². The van der Waals surface area contributed by atoms with Crippen LogP contribution in [0.2, 0.25) is 0 Å². The molecule has 5 rings (SSSR count). The number of aromatic nitrogens is 1. The number of nitrogens with zero attached hydrogens (tertiary/aromatic N) is 1. The number of carbonyl (C=O) groups is 2. The number of esters is 1. The summed E-state index contributed by atoms with van der Waals surface area (Å²) < 4.78 is 8.92. The number of carbonyl (C=O) groups excluding carboxylic acids is 2. The van der Waals surface area contributed by atoms with E-state index in [0.29, 0.717) is 17.7 Å². The van der Waals surface area contributed by atoms with Crippen LogP contribution in [-0.2, 0) is 11.3 Å². The lowest BCUT2D eigenvalue weighted by Gasteiger charge is -2.20. The first-order valence-corrected chi connectivity index (χ1v) is 15.3. The summed E-state index contributed by atoms with van der Waals surface area (Å²) in [5, 5.41) is 4.20. The summed E-state index contributed by atoms with van der Waals surface area (Å²) in [6.45, 7) is 12.5. The molecule has 1 heterocycles. The molecular formula is C37H37BrN2O3. The number of hydrogen-bond acceptors (Lipinski definition) is 3. The van der Waals surface area contributed by atoms with Gasteiger partial charge in [-0.1, -0.05) is 70.5 Å². The van der Waals surface area contributed by atoms with Crippen LogP contribution >= 0.6 is 15.9 Å². The van der Waals surface area contributed by atoms with Crippen molar-refractivity contribution in [1.29, 1.82) is 0 Å². The Bertz CT molecular complexity index is 1810. The van der Waals surface area contributed by atoms with Gasteiger partial charge < -0.3 is 14.6 Å². The average molecular weight is 638 g/mol. The second kappa shape index (κ2) is 12.2. The lowest BCUT2D eigenvalue weighted by atomic mass is 9.98. The molecule has 4 aromatic carbocycles. The second-order valence-electron chi connectivity index (χ2n) is 12.0. The Balaban J connectivity index is 1.37. The summed E-state index contributed by atoms with van der Waals surface area (Å²) in [5.74, 6) is -0.422. The normalized spacial score (nSPS) is 12.3. The van der Waals surface area contributed by atoms with Crippen molar-refractivity contribution in [3.8, 4) is 11.1 Å². The molecule has 0 aliphatic heterocycles. The average Bonchev–Trinajstić information content (AvgIpc) is 3.21. The summed E-state index contributed by atoms with van der Waals surface area (Å²) in [7, 11) is 0. The second-order valence-corrected chi connectivity index (χ2v) is 12.9. The van der Waals surface area contributed by atoms with Crippen LogP contribution in [0.25, 0.3) is 22.0 Å². The predicted octanol–water partition coefficient (Wildman–Crippen LogP) is 9.18. The van der Waals surface area contributed by atoms with E-state index in [9.17, 15) is 9.59 Å². The van der Waals surface area contributed by atoms with Gasteiger partial charge in [0.05, 0.1) is 11.6 Å². The summed E-state index contributed by atoms with van der Waals surface area (Å²) in [4.78, 5) is 26.0. The minimum absolute atomic E-state index is 0.0959. The molecule has 1 aromatic heterocycles. The monoisotopic (exact) mass is 636 g/mol. The minimum Gasteiger partial charge on any atom is -0.456 e. The lowest BCUT2D eigenvalue weighted by molar-refractivity contribution is 0.00703. The van der Waals surface area contributed by atoms with E-state index in [1.165, 1.54) is 0 Å². The smallest absolute Gasteiger partial charge is 0.339 e. The highest BCUT2D eigenvalue weighted by Crippen LogP contribution is 2.30. The van der Waals surface area contributed by atoms with Gasteiger partial charge in [0.15, 0.2) is 0 Å². The zero-order chi connectivity index (χ0) is 30.9. The zero-order valence-corrected chi connectivity index (χ0v) is 27.1. The maximum atomic E-state index is 13.2. The van der Waals surface area contributed by atoms with Crippen molar-refractivity contribution in [2.75, 3.05) is 0 Å². The molecular weight excluding hydrogens is 600 g/mol. The van der Waals surface area contributed by atoms with E-state index in [0.717, 1.165) is 48.9 Å². The molecule has 43 heavy (non-hydrogen) atoms. The summed E-state index contributed by atoms with van der Waals surface area (Å²) in [6.07, 6.45) is 0. The van der Waals surface area contributed by atoms with Gasteiger partial charge in [-0.05, 0) is 106 Å². The van der Waals surface area contributed by atoms with Gasteiger partial charge in [-0.3, -0.25) is 4.79 Å². The molecule has 6 heteroatoms. The lowest BCUT2D eigenvalue weighted by Crippen LogP contribution is -2.26. The van der Waals surface area contributed by atoms with Crippen LogP contribution in [-0.4, -0.2) is 22.0 Å². The number of nitrogens with one attached hydrogen (secondary N) is 1. The van der Waals surface area contributed by atoms with Gasteiger partial charge in [0.2, 0.25) is 0 Å². The molecule has 0 radical (unpaired) electrons. The fraction of sp³-hybridized carbons (Fsp3) is 0.243. The van der Waals surface area contributed by atoms with E-state index in [1.807, 2.05) is 94.4 Å². The third-order valence-electron chi connectivity index (χ3n) is 7.75. The number of benzene rings is 4. The molecule has 0 aliphatic carbocycles. The van der Waals surface area contributed by atoms with Crippen molar-refractivity contribution in [2.45, 2.75) is 59.7 Å². The molecule has 1 N–H and O–H groups in total. The Morgan fingerprint density at radius 2 is 1.63 bits per heavy atom. The fourth-order valence-electron chi connectivity index (χ4n) is 5.35. The highest BCUT2D eigenvalue weighted by Gasteiger charge is 2.21. The van der Waals surface area contributed by atoms with Crippen LogP contribution in [0.4, 0.5) is 0 Å². The van der Waals surface area contributed by atoms with Crippen LogP contribution in [0.3, 0.4) is 0 Å². The van der Waals surface area contributed by atoms with Crippen LogP contribution in [0, 0.1) is 13.8 Å². The number of ether oxygens (including phenoxy) is 1. The van der Waals surface area contributed by atoms with Crippen molar-refractivity contribution in [2.24, 2.45) is 0 Å². The predicted molar refractivity (Wildman–Crippen MR) is 178 cm³/mol. The van der Waals surface area contributed by atoms with E-state index in [4.69, 9.17) is 4.74 Å². The zero-order valence-electron chi connectivity index (χ0n) is 25.5. The molecule has 0 spiro atoms. The van der Waals surface area contributed by atoms with E-state index in [2.05, 4.69) is 63.9 Å². The van der Waals surface area contributed by atoms with Crippen molar-refractivity contribution in [1.82, 2.24) is 9.88 Å². The molecule has 1 atom stereocenters. The van der Waals surface area contributed by atoms with E-state index in [1.54, 1.807) is 0 Å². The Morgan fingerprint density at radius 3 is 2.33 bits per heavy atom. The first-order valence-electron chi connectivity index (χ1n) is 14.5. The topological polar surface area (TPSA) is 60.3 Å². The molecule has 0 fully saturated rings. The van der Waals surface area contributed by atoms with E-state index in [-0.39, 0.29) is 17.9 Å². The van der Waals surface area contributed by atoms with Crippen molar-refractivity contribution in [3.05, 3.63) is 129 Å². The van der Waals surface area contributed by atoms with Gasteiger partial charge in [0, 0.05) is 33.2 Å². The van der Waals surface area contributed by atoms with Gasteiger partial charge >= 0.3 is 5.97 Å². The fourth-order valence-corrected chi connectivity index (χ4v) is 5.77. The number of aryl methyl sites for hydroxylation is 1. The number of halogens is 1. The minimum atomic E-state index is -0.563.